The van der Waals surface area contributed by atoms with Crippen LogP contribution in [0.4, 0.5) is 11.4 Å². The van der Waals surface area contributed by atoms with Crippen LogP contribution >= 0.6 is 0 Å². The number of likely N-dealkylation sites (tertiary alicyclic amines) is 1. The predicted molar refractivity (Wildman–Crippen MR) is 101 cm³/mol. The van der Waals surface area contributed by atoms with Crippen molar-refractivity contribution in [3.63, 3.8) is 0 Å². The van der Waals surface area contributed by atoms with Gasteiger partial charge in [-0.3, -0.25) is 14.5 Å². The zero-order valence-corrected chi connectivity index (χ0v) is 15.5. The van der Waals surface area contributed by atoms with Gasteiger partial charge in [-0.15, -0.1) is 0 Å². The van der Waals surface area contributed by atoms with Crippen LogP contribution in [0.3, 0.4) is 0 Å². The summed E-state index contributed by atoms with van der Waals surface area (Å²) in [6.07, 6.45) is 0.877. The molecule has 1 unspecified atom stereocenters. The SMILES string of the molecule is CC(C)N1CCC(NC(=O)C(=O)Nc2ccccc2N2CCOCC2)C1. The Morgan fingerprint density at radius 3 is 2.54 bits per heavy atom. The van der Waals surface area contributed by atoms with E-state index in [1.807, 2.05) is 24.3 Å². The Morgan fingerprint density at radius 1 is 1.12 bits per heavy atom. The molecule has 7 heteroatoms. The number of amides is 2. The van der Waals surface area contributed by atoms with Gasteiger partial charge in [0.15, 0.2) is 0 Å². The van der Waals surface area contributed by atoms with E-state index in [4.69, 9.17) is 4.74 Å². The fourth-order valence-electron chi connectivity index (χ4n) is 3.46. The minimum absolute atomic E-state index is 0.0325. The Kier molecular flexibility index (Phi) is 6.11. The molecule has 2 saturated heterocycles. The molecule has 7 nitrogen and oxygen atoms in total. The number of carbonyl (C=O) groups excluding carboxylic acids is 2. The van der Waals surface area contributed by atoms with Crippen LogP contribution in [0.5, 0.6) is 0 Å². The van der Waals surface area contributed by atoms with Crippen molar-refractivity contribution in [1.82, 2.24) is 10.2 Å². The number of morpholine rings is 1. The highest BCUT2D eigenvalue weighted by atomic mass is 16.5. The highest BCUT2D eigenvalue weighted by Gasteiger charge is 2.27. The highest BCUT2D eigenvalue weighted by Crippen LogP contribution is 2.26. The van der Waals surface area contributed by atoms with Gasteiger partial charge >= 0.3 is 11.8 Å². The monoisotopic (exact) mass is 360 g/mol. The summed E-state index contributed by atoms with van der Waals surface area (Å²) < 4.78 is 5.38. The molecule has 0 spiro atoms. The molecule has 0 bridgehead atoms. The molecule has 2 heterocycles. The van der Waals surface area contributed by atoms with E-state index < -0.39 is 11.8 Å². The van der Waals surface area contributed by atoms with Gasteiger partial charge in [0.1, 0.15) is 0 Å². The number of nitrogens with one attached hydrogen (secondary N) is 2. The predicted octanol–water partition coefficient (Wildman–Crippen LogP) is 1.06. The van der Waals surface area contributed by atoms with Crippen LogP contribution in [0.2, 0.25) is 0 Å². The van der Waals surface area contributed by atoms with Gasteiger partial charge in [0.2, 0.25) is 0 Å². The summed E-state index contributed by atoms with van der Waals surface area (Å²) in [5.41, 5.74) is 1.58. The molecule has 26 heavy (non-hydrogen) atoms. The van der Waals surface area contributed by atoms with Gasteiger partial charge in [0, 0.05) is 38.3 Å². The first-order chi connectivity index (χ1) is 12.5. The van der Waals surface area contributed by atoms with Crippen molar-refractivity contribution >= 4 is 23.2 Å². The zero-order valence-electron chi connectivity index (χ0n) is 15.5. The minimum Gasteiger partial charge on any atom is -0.378 e. The molecule has 0 saturated carbocycles. The van der Waals surface area contributed by atoms with E-state index in [0.717, 1.165) is 38.3 Å². The van der Waals surface area contributed by atoms with Crippen LogP contribution in [-0.4, -0.2) is 68.2 Å². The fraction of sp³-hybridized carbons (Fsp3) is 0.579. The van der Waals surface area contributed by atoms with Crippen molar-refractivity contribution in [3.8, 4) is 0 Å². The third-order valence-electron chi connectivity index (χ3n) is 5.00. The van der Waals surface area contributed by atoms with Crippen molar-refractivity contribution in [3.05, 3.63) is 24.3 Å². The van der Waals surface area contributed by atoms with E-state index >= 15 is 0 Å². The second-order valence-electron chi connectivity index (χ2n) is 7.12. The van der Waals surface area contributed by atoms with Gasteiger partial charge in [0.05, 0.1) is 24.6 Å². The lowest BCUT2D eigenvalue weighted by molar-refractivity contribution is -0.136. The number of anilines is 2. The Labute approximate surface area is 154 Å². The van der Waals surface area contributed by atoms with Crippen LogP contribution in [0.15, 0.2) is 24.3 Å². The molecular formula is C19H28N4O3. The molecule has 0 aliphatic carbocycles. The van der Waals surface area contributed by atoms with Crippen molar-refractivity contribution in [2.75, 3.05) is 49.6 Å². The van der Waals surface area contributed by atoms with E-state index in [-0.39, 0.29) is 6.04 Å². The Bertz CT molecular complexity index is 643. The standard InChI is InChI=1S/C19H28N4O3/c1-14(2)23-8-7-15(13-23)20-18(24)19(25)21-16-5-3-4-6-17(16)22-9-11-26-12-10-22/h3-6,14-15H,7-13H2,1-2H3,(H,20,24)(H,21,25). The molecule has 2 N–H and O–H groups in total. The fourth-order valence-corrected chi connectivity index (χ4v) is 3.46. The van der Waals surface area contributed by atoms with Crippen LogP contribution < -0.4 is 15.5 Å². The molecule has 2 amide bonds. The molecule has 1 atom stereocenters. The minimum atomic E-state index is -0.617. The molecule has 142 valence electrons. The van der Waals surface area contributed by atoms with Crippen LogP contribution in [-0.2, 0) is 14.3 Å². The van der Waals surface area contributed by atoms with Crippen molar-refractivity contribution < 1.29 is 14.3 Å². The lowest BCUT2D eigenvalue weighted by Crippen LogP contribution is -2.44. The third kappa shape index (κ3) is 4.53. The quantitative estimate of drug-likeness (QED) is 0.786. The average Bonchev–Trinajstić information content (AvgIpc) is 3.11. The lowest BCUT2D eigenvalue weighted by Gasteiger charge is -2.30. The third-order valence-corrected chi connectivity index (χ3v) is 5.00. The number of rotatable bonds is 4. The van der Waals surface area contributed by atoms with E-state index in [1.165, 1.54) is 0 Å². The maximum atomic E-state index is 12.4. The molecule has 2 fully saturated rings. The van der Waals surface area contributed by atoms with E-state index in [2.05, 4.69) is 34.3 Å². The molecule has 2 aliphatic heterocycles. The second-order valence-corrected chi connectivity index (χ2v) is 7.12. The Balaban J connectivity index is 1.58. The summed E-state index contributed by atoms with van der Waals surface area (Å²) in [6.45, 7) is 8.89. The maximum absolute atomic E-state index is 12.4. The summed E-state index contributed by atoms with van der Waals surface area (Å²) >= 11 is 0. The summed E-state index contributed by atoms with van der Waals surface area (Å²) in [5, 5.41) is 5.62. The number of para-hydroxylation sites is 2. The lowest BCUT2D eigenvalue weighted by atomic mass is 10.2. The largest absolute Gasteiger partial charge is 0.378 e. The summed E-state index contributed by atoms with van der Waals surface area (Å²) in [6, 6.07) is 8.05. The number of carbonyl (C=O) groups is 2. The first-order valence-corrected chi connectivity index (χ1v) is 9.32. The van der Waals surface area contributed by atoms with E-state index in [9.17, 15) is 9.59 Å². The van der Waals surface area contributed by atoms with Crippen LogP contribution in [0.1, 0.15) is 20.3 Å². The number of hydrogen-bond acceptors (Lipinski definition) is 5. The first-order valence-electron chi connectivity index (χ1n) is 9.32. The summed E-state index contributed by atoms with van der Waals surface area (Å²) in [5.74, 6) is -1.19. The van der Waals surface area contributed by atoms with Gasteiger partial charge in [-0.05, 0) is 32.4 Å². The summed E-state index contributed by atoms with van der Waals surface area (Å²) in [4.78, 5) is 29.1. The molecule has 2 aliphatic rings. The number of nitrogens with zero attached hydrogens (tertiary/aromatic N) is 2. The molecular weight excluding hydrogens is 332 g/mol. The molecule has 0 aromatic heterocycles. The van der Waals surface area contributed by atoms with Gasteiger partial charge in [-0.1, -0.05) is 12.1 Å². The summed E-state index contributed by atoms with van der Waals surface area (Å²) in [7, 11) is 0. The van der Waals surface area contributed by atoms with Crippen LogP contribution in [0.25, 0.3) is 0 Å². The van der Waals surface area contributed by atoms with Gasteiger partial charge in [-0.25, -0.2) is 0 Å². The molecule has 0 radical (unpaired) electrons. The highest BCUT2D eigenvalue weighted by molar-refractivity contribution is 6.40. The maximum Gasteiger partial charge on any atom is 0.313 e. The zero-order chi connectivity index (χ0) is 18.5. The van der Waals surface area contributed by atoms with Crippen molar-refractivity contribution in [2.45, 2.75) is 32.4 Å². The molecule has 3 rings (SSSR count). The van der Waals surface area contributed by atoms with Crippen molar-refractivity contribution in [2.24, 2.45) is 0 Å². The molecule has 1 aromatic carbocycles. The Morgan fingerprint density at radius 2 is 1.85 bits per heavy atom. The number of benzene rings is 1. The van der Waals surface area contributed by atoms with E-state index in [0.29, 0.717) is 24.9 Å². The van der Waals surface area contributed by atoms with Crippen molar-refractivity contribution in [1.29, 1.82) is 0 Å². The second kappa shape index (κ2) is 8.51. The molecule has 1 aromatic rings. The smallest absolute Gasteiger partial charge is 0.313 e. The van der Waals surface area contributed by atoms with Gasteiger partial charge in [-0.2, -0.15) is 0 Å². The Hall–Kier alpha value is -2.12. The van der Waals surface area contributed by atoms with Crippen LogP contribution in [0, 0.1) is 0 Å². The number of hydrogen-bond donors (Lipinski definition) is 2. The van der Waals surface area contributed by atoms with Gasteiger partial charge < -0.3 is 20.3 Å². The van der Waals surface area contributed by atoms with E-state index in [1.54, 1.807) is 0 Å². The normalized spacial score (nSPS) is 21.0. The average molecular weight is 360 g/mol. The topological polar surface area (TPSA) is 73.9 Å². The number of ether oxygens (including phenoxy) is 1. The van der Waals surface area contributed by atoms with Gasteiger partial charge in [0.25, 0.3) is 0 Å². The first kappa shape index (κ1) is 18.7.